The molecule has 6 nitrogen and oxygen atoms in total. The second-order valence-electron chi connectivity index (χ2n) is 1.78. The topological polar surface area (TPSA) is 107 Å². The second kappa shape index (κ2) is 2.82. The van der Waals surface area contributed by atoms with Gasteiger partial charge in [-0.05, 0) is 0 Å². The van der Waals surface area contributed by atoms with E-state index in [9.17, 15) is 4.79 Å². The van der Waals surface area contributed by atoms with Gasteiger partial charge in [-0.15, -0.1) is 0 Å². The zero-order chi connectivity index (χ0) is 8.27. The summed E-state index contributed by atoms with van der Waals surface area (Å²) < 4.78 is 0. The molecule has 0 saturated heterocycles. The first kappa shape index (κ1) is 7.26. The summed E-state index contributed by atoms with van der Waals surface area (Å²) in [5.74, 6) is 0.314. The minimum atomic E-state index is 0.157. The summed E-state index contributed by atoms with van der Waals surface area (Å²) in [6, 6.07) is 0. The van der Waals surface area contributed by atoms with Gasteiger partial charge >= 0.3 is 0 Å². The second-order valence-corrected chi connectivity index (χ2v) is 1.78. The Bertz CT molecular complexity index is 253. The molecule has 1 amide bonds. The van der Waals surface area contributed by atoms with Gasteiger partial charge in [-0.2, -0.15) is 0 Å². The number of hydrogen-bond acceptors (Lipinski definition) is 5. The molecule has 0 spiro atoms. The molecule has 0 saturated carbocycles. The van der Waals surface area contributed by atoms with Gasteiger partial charge in [0, 0.05) is 0 Å². The van der Waals surface area contributed by atoms with E-state index >= 15 is 0 Å². The van der Waals surface area contributed by atoms with Crippen molar-refractivity contribution in [2.75, 3.05) is 16.8 Å². The first-order valence-corrected chi connectivity index (χ1v) is 2.82. The summed E-state index contributed by atoms with van der Waals surface area (Å²) in [5.41, 5.74) is 11.0. The lowest BCUT2D eigenvalue weighted by atomic mass is 10.4. The zero-order valence-corrected chi connectivity index (χ0v) is 5.61. The number of hydrogen-bond donors (Lipinski definition) is 3. The first-order valence-electron chi connectivity index (χ1n) is 2.82. The van der Waals surface area contributed by atoms with Crippen molar-refractivity contribution in [1.29, 1.82) is 0 Å². The molecular weight excluding hydrogens is 147 g/mol. The highest BCUT2D eigenvalue weighted by molar-refractivity contribution is 5.84. The Morgan fingerprint density at radius 3 is 2.36 bits per heavy atom. The third kappa shape index (κ3) is 1.34. The first-order chi connectivity index (χ1) is 5.25. The van der Waals surface area contributed by atoms with Gasteiger partial charge in [-0.3, -0.25) is 4.79 Å². The molecule has 0 bridgehead atoms. The highest BCUT2D eigenvalue weighted by atomic mass is 16.2. The van der Waals surface area contributed by atoms with E-state index in [0.717, 1.165) is 0 Å². The predicted octanol–water partition coefficient (Wildman–Crippen LogP) is -0.791. The summed E-state index contributed by atoms with van der Waals surface area (Å²) in [7, 11) is 0. The molecular formula is C5H7N5O. The Morgan fingerprint density at radius 2 is 1.91 bits per heavy atom. The molecule has 11 heavy (non-hydrogen) atoms. The Kier molecular flexibility index (Phi) is 1.86. The minimum Gasteiger partial charge on any atom is -0.382 e. The van der Waals surface area contributed by atoms with Gasteiger partial charge in [-0.1, -0.05) is 0 Å². The van der Waals surface area contributed by atoms with Crippen molar-refractivity contribution >= 4 is 23.7 Å². The number of carbonyl (C=O) groups is 1. The molecule has 0 aliphatic carbocycles. The van der Waals surface area contributed by atoms with E-state index in [1.165, 1.54) is 6.33 Å². The fourth-order valence-electron chi connectivity index (χ4n) is 0.620. The standard InChI is InChI=1S/C5H7N5O/c6-4-3(10-2-11)5(7)9-1-8-4/h1-2H,(H,10,11)(H4,6,7,8,9)/i2+1. The number of anilines is 3. The predicted molar refractivity (Wildman–Crippen MR) is 40.5 cm³/mol. The lowest BCUT2D eigenvalue weighted by Crippen LogP contribution is -2.06. The molecule has 5 N–H and O–H groups in total. The van der Waals surface area contributed by atoms with Gasteiger partial charge in [0.05, 0.1) is 0 Å². The van der Waals surface area contributed by atoms with Gasteiger partial charge in [0.1, 0.15) is 12.0 Å². The highest BCUT2D eigenvalue weighted by Gasteiger charge is 2.03. The Hall–Kier alpha value is -1.85. The maximum atomic E-state index is 10.0. The van der Waals surface area contributed by atoms with Crippen LogP contribution in [0.25, 0.3) is 0 Å². The monoisotopic (exact) mass is 154 g/mol. The molecule has 0 aromatic carbocycles. The van der Waals surface area contributed by atoms with Crippen LogP contribution in [-0.4, -0.2) is 16.4 Å². The maximum Gasteiger partial charge on any atom is 0.211 e. The van der Waals surface area contributed by atoms with E-state index in [4.69, 9.17) is 11.5 Å². The van der Waals surface area contributed by atoms with Crippen molar-refractivity contribution in [3.8, 4) is 0 Å². The van der Waals surface area contributed by atoms with E-state index in [-0.39, 0.29) is 17.3 Å². The zero-order valence-electron chi connectivity index (χ0n) is 5.61. The number of aromatic nitrogens is 2. The average molecular weight is 154 g/mol. The lowest BCUT2D eigenvalue weighted by molar-refractivity contribution is -0.105. The van der Waals surface area contributed by atoms with E-state index in [1.54, 1.807) is 0 Å². The Labute approximate surface area is 62.6 Å². The number of carbonyl (C=O) groups excluding carboxylic acids is 1. The largest absolute Gasteiger partial charge is 0.382 e. The average Bonchev–Trinajstić information content (AvgIpc) is 1.97. The number of nitrogens with two attached hydrogens (primary N) is 2. The van der Waals surface area contributed by atoms with Crippen LogP contribution in [0.1, 0.15) is 0 Å². The van der Waals surface area contributed by atoms with Crippen LogP contribution >= 0.6 is 0 Å². The number of amides is 1. The quantitative estimate of drug-likeness (QED) is 0.382. The van der Waals surface area contributed by atoms with Gasteiger partial charge < -0.3 is 16.8 Å². The summed E-state index contributed by atoms with van der Waals surface area (Å²) in [5, 5.41) is 2.29. The molecule has 0 atom stereocenters. The molecule has 1 aromatic heterocycles. The number of rotatable bonds is 2. The number of nitrogen functional groups attached to an aromatic ring is 2. The summed E-state index contributed by atoms with van der Waals surface area (Å²) in [6.45, 7) is 0. The van der Waals surface area contributed by atoms with Gasteiger partial charge in [0.25, 0.3) is 0 Å². The third-order valence-corrected chi connectivity index (χ3v) is 1.11. The van der Waals surface area contributed by atoms with Crippen molar-refractivity contribution in [3.63, 3.8) is 0 Å². The maximum absolute atomic E-state index is 10.0. The van der Waals surface area contributed by atoms with Crippen LogP contribution in [-0.2, 0) is 4.79 Å². The smallest absolute Gasteiger partial charge is 0.211 e. The molecule has 0 fully saturated rings. The van der Waals surface area contributed by atoms with Crippen molar-refractivity contribution in [1.82, 2.24) is 9.97 Å². The van der Waals surface area contributed by atoms with Gasteiger partial charge in [0.15, 0.2) is 11.6 Å². The molecule has 0 aliphatic heterocycles. The van der Waals surface area contributed by atoms with Crippen LogP contribution in [0.2, 0.25) is 0 Å². The molecule has 1 aromatic rings. The summed E-state index contributed by atoms with van der Waals surface area (Å²) >= 11 is 0. The van der Waals surface area contributed by atoms with Gasteiger partial charge in [-0.25, -0.2) is 9.97 Å². The highest BCUT2D eigenvalue weighted by Crippen LogP contribution is 2.19. The van der Waals surface area contributed by atoms with Crippen LogP contribution in [0.3, 0.4) is 0 Å². The molecule has 0 unspecified atom stereocenters. The van der Waals surface area contributed by atoms with E-state index in [2.05, 4.69) is 15.3 Å². The van der Waals surface area contributed by atoms with E-state index < -0.39 is 0 Å². The third-order valence-electron chi connectivity index (χ3n) is 1.11. The molecule has 0 aliphatic rings. The van der Waals surface area contributed by atoms with Crippen molar-refractivity contribution in [2.45, 2.75) is 0 Å². The van der Waals surface area contributed by atoms with E-state index in [0.29, 0.717) is 6.41 Å². The molecule has 6 heteroatoms. The number of nitrogens with zero attached hydrogens (tertiary/aromatic N) is 2. The minimum absolute atomic E-state index is 0.157. The fourth-order valence-corrected chi connectivity index (χ4v) is 0.620. The van der Waals surface area contributed by atoms with Crippen molar-refractivity contribution in [2.24, 2.45) is 0 Å². The van der Waals surface area contributed by atoms with Crippen molar-refractivity contribution < 1.29 is 4.79 Å². The van der Waals surface area contributed by atoms with Crippen LogP contribution < -0.4 is 16.8 Å². The summed E-state index contributed by atoms with van der Waals surface area (Å²) in [4.78, 5) is 17.2. The SMILES string of the molecule is Nc1ncnc(N)c1N[13CH]=O. The van der Waals surface area contributed by atoms with Crippen LogP contribution in [0.15, 0.2) is 6.33 Å². The van der Waals surface area contributed by atoms with Crippen molar-refractivity contribution in [3.05, 3.63) is 6.33 Å². The molecule has 1 rings (SSSR count). The number of nitrogens with one attached hydrogen (secondary N) is 1. The molecule has 1 heterocycles. The van der Waals surface area contributed by atoms with Crippen LogP contribution in [0, 0.1) is 0 Å². The molecule has 0 radical (unpaired) electrons. The lowest BCUT2D eigenvalue weighted by Gasteiger charge is -2.03. The van der Waals surface area contributed by atoms with Crippen LogP contribution in [0.4, 0.5) is 17.3 Å². The summed E-state index contributed by atoms with van der Waals surface area (Å²) in [6.07, 6.45) is 1.69. The Morgan fingerprint density at radius 1 is 1.36 bits per heavy atom. The normalized spacial score (nSPS) is 9.09. The van der Waals surface area contributed by atoms with E-state index in [1.807, 2.05) is 0 Å². The van der Waals surface area contributed by atoms with Gasteiger partial charge in [0.2, 0.25) is 6.41 Å². The molecule has 58 valence electrons. The fraction of sp³-hybridized carbons (Fsp3) is 0. The van der Waals surface area contributed by atoms with Crippen LogP contribution in [0.5, 0.6) is 0 Å². The Balaban J connectivity index is 3.09.